The number of nitrogens with one attached hydrogen (secondary N) is 2. The van der Waals surface area contributed by atoms with Gasteiger partial charge in [0.05, 0.1) is 6.10 Å². The summed E-state index contributed by atoms with van der Waals surface area (Å²) < 4.78 is 0. The molecule has 0 aromatic heterocycles. The topological polar surface area (TPSA) is 80.4 Å². The minimum Gasteiger partial charge on any atom is -0.392 e. The zero-order valence-electron chi connectivity index (χ0n) is 8.36. The largest absolute Gasteiger partial charge is 0.392 e. The van der Waals surface area contributed by atoms with Crippen LogP contribution < -0.4 is 10.5 Å². The highest BCUT2D eigenvalue weighted by molar-refractivity contribution is 5.97. The van der Waals surface area contributed by atoms with Crippen LogP contribution in [-0.4, -0.2) is 23.7 Å². The number of nitroso groups, excluding NO2 is 1. The number of hydrogen-bond acceptors (Lipinski definition) is 3. The summed E-state index contributed by atoms with van der Waals surface area (Å²) in [6.45, 7) is 1.73. The van der Waals surface area contributed by atoms with Gasteiger partial charge in [-0.05, 0) is 13.0 Å². The van der Waals surface area contributed by atoms with Crippen molar-refractivity contribution < 1.29 is 15.1 Å². The van der Waals surface area contributed by atoms with Crippen LogP contribution >= 0.6 is 0 Å². The number of rotatable bonds is 4. The second kappa shape index (κ2) is 5.21. The van der Waals surface area contributed by atoms with Gasteiger partial charge in [-0.15, -0.1) is 0 Å². The van der Waals surface area contributed by atoms with Crippen molar-refractivity contribution in [3.8, 4) is 0 Å². The maximum Gasteiger partial charge on any atom is 0.266 e. The first-order valence-corrected chi connectivity index (χ1v) is 4.58. The molecule has 0 saturated heterocycles. The van der Waals surface area contributed by atoms with Gasteiger partial charge in [-0.25, -0.2) is 0 Å². The molecule has 5 nitrogen and oxygen atoms in total. The standard InChI is InChI=1S/C10H12N2O3/c1-7(13)6-11-10(14)8-4-2-3-5-9(8)12-15/h2-5,7,13H,6H2,1H3,(H,11,14)/p+1. The molecule has 1 atom stereocenters. The zero-order chi connectivity index (χ0) is 11.3. The summed E-state index contributed by atoms with van der Waals surface area (Å²) in [7, 11) is 0. The Labute approximate surface area is 87.1 Å². The first-order chi connectivity index (χ1) is 7.15. The second-order valence-electron chi connectivity index (χ2n) is 3.21. The molecule has 15 heavy (non-hydrogen) atoms. The molecule has 0 bridgehead atoms. The predicted molar refractivity (Wildman–Crippen MR) is 54.4 cm³/mol. The highest BCUT2D eigenvalue weighted by Crippen LogP contribution is 2.08. The molecule has 0 saturated carbocycles. The lowest BCUT2D eigenvalue weighted by molar-refractivity contribution is -0.379. The van der Waals surface area contributed by atoms with Gasteiger partial charge in [0.25, 0.3) is 11.6 Å². The van der Waals surface area contributed by atoms with Crippen molar-refractivity contribution in [3.63, 3.8) is 0 Å². The van der Waals surface area contributed by atoms with E-state index in [-0.39, 0.29) is 23.7 Å². The molecule has 80 valence electrons. The summed E-state index contributed by atoms with van der Waals surface area (Å²) in [5, 5.41) is 13.2. The minimum atomic E-state index is -0.610. The van der Waals surface area contributed by atoms with E-state index in [1.165, 1.54) is 12.1 Å². The Morgan fingerprint density at radius 3 is 2.80 bits per heavy atom. The third kappa shape index (κ3) is 3.14. The van der Waals surface area contributed by atoms with Crippen LogP contribution in [0.1, 0.15) is 17.3 Å². The maximum atomic E-state index is 11.5. The van der Waals surface area contributed by atoms with Crippen LogP contribution in [-0.2, 0) is 0 Å². The van der Waals surface area contributed by atoms with Crippen LogP contribution in [0.3, 0.4) is 0 Å². The molecule has 0 aliphatic carbocycles. The number of carbonyl (C=O) groups is 1. The molecule has 1 aromatic rings. The molecular formula is C10H13N2O3+. The van der Waals surface area contributed by atoms with Gasteiger partial charge in [0, 0.05) is 22.7 Å². The summed E-state index contributed by atoms with van der Waals surface area (Å²) in [6.07, 6.45) is -0.610. The van der Waals surface area contributed by atoms with Gasteiger partial charge in [-0.2, -0.15) is 0 Å². The average Bonchev–Trinajstić information content (AvgIpc) is 2.25. The summed E-state index contributed by atoms with van der Waals surface area (Å²) in [5.74, 6) is -0.380. The Bertz CT molecular complexity index is 363. The van der Waals surface area contributed by atoms with Crippen molar-refractivity contribution in [2.45, 2.75) is 13.0 Å². The van der Waals surface area contributed by atoms with Crippen molar-refractivity contribution in [1.29, 1.82) is 0 Å². The molecule has 1 unspecified atom stereocenters. The molecule has 0 spiro atoms. The Hall–Kier alpha value is -1.75. The Morgan fingerprint density at radius 2 is 2.20 bits per heavy atom. The zero-order valence-corrected chi connectivity index (χ0v) is 8.36. The van der Waals surface area contributed by atoms with Crippen LogP contribution in [0, 0.1) is 4.91 Å². The fourth-order valence-electron chi connectivity index (χ4n) is 1.11. The van der Waals surface area contributed by atoms with E-state index in [1.54, 1.807) is 24.2 Å². The molecule has 0 aliphatic rings. The number of para-hydroxylation sites is 1. The van der Waals surface area contributed by atoms with Crippen LogP contribution in [0.15, 0.2) is 24.3 Å². The van der Waals surface area contributed by atoms with E-state index in [2.05, 4.69) is 5.32 Å². The summed E-state index contributed by atoms with van der Waals surface area (Å²) in [4.78, 5) is 22.0. The number of aliphatic hydroxyl groups is 1. The Kier molecular flexibility index (Phi) is 3.93. The van der Waals surface area contributed by atoms with Gasteiger partial charge in [-0.1, -0.05) is 12.1 Å². The first kappa shape index (κ1) is 11.3. The van der Waals surface area contributed by atoms with E-state index in [0.717, 1.165) is 0 Å². The number of amides is 1. The van der Waals surface area contributed by atoms with E-state index in [4.69, 9.17) is 5.11 Å². The molecule has 5 heteroatoms. The van der Waals surface area contributed by atoms with Crippen molar-refractivity contribution in [3.05, 3.63) is 34.7 Å². The van der Waals surface area contributed by atoms with Gasteiger partial charge in [-0.3, -0.25) is 4.79 Å². The van der Waals surface area contributed by atoms with Gasteiger partial charge in [0.2, 0.25) is 0 Å². The van der Waals surface area contributed by atoms with Crippen LogP contribution in [0.5, 0.6) is 0 Å². The molecule has 1 amide bonds. The van der Waals surface area contributed by atoms with Crippen molar-refractivity contribution in [2.24, 2.45) is 0 Å². The quantitative estimate of drug-likeness (QED) is 0.612. The van der Waals surface area contributed by atoms with Crippen LogP contribution in [0.4, 0.5) is 5.69 Å². The van der Waals surface area contributed by atoms with Gasteiger partial charge in [0.15, 0.2) is 0 Å². The lowest BCUT2D eigenvalue weighted by atomic mass is 10.1. The predicted octanol–water partition coefficient (Wildman–Crippen LogP) is -0.724. The van der Waals surface area contributed by atoms with E-state index in [0.29, 0.717) is 0 Å². The third-order valence-electron chi connectivity index (χ3n) is 1.84. The van der Waals surface area contributed by atoms with Gasteiger partial charge < -0.3 is 10.4 Å². The normalized spacial score (nSPS) is 11.9. The van der Waals surface area contributed by atoms with Crippen molar-refractivity contribution in [2.75, 3.05) is 6.54 Å². The number of aliphatic hydroxyl groups excluding tert-OH is 1. The molecular weight excluding hydrogens is 196 g/mol. The maximum absolute atomic E-state index is 11.5. The van der Waals surface area contributed by atoms with E-state index in [9.17, 15) is 9.70 Å². The van der Waals surface area contributed by atoms with Gasteiger partial charge in [0.1, 0.15) is 5.56 Å². The second-order valence-corrected chi connectivity index (χ2v) is 3.21. The lowest BCUT2D eigenvalue weighted by Crippen LogP contribution is -2.57. The lowest BCUT2D eigenvalue weighted by Gasteiger charge is -2.06. The number of benzene rings is 1. The molecule has 1 rings (SSSR count). The number of carbonyl (C=O) groups excluding carboxylic acids is 1. The summed E-state index contributed by atoms with van der Waals surface area (Å²) in [5.41, 5.74) is 0.494. The van der Waals surface area contributed by atoms with Crippen LogP contribution in [0.25, 0.3) is 0 Å². The molecule has 1 aromatic carbocycles. The van der Waals surface area contributed by atoms with E-state index >= 15 is 0 Å². The van der Waals surface area contributed by atoms with Crippen molar-refractivity contribution >= 4 is 11.6 Å². The average molecular weight is 209 g/mol. The smallest absolute Gasteiger partial charge is 0.266 e. The van der Waals surface area contributed by atoms with E-state index in [1.807, 2.05) is 0 Å². The molecule has 3 N–H and O–H groups in total. The monoisotopic (exact) mass is 209 g/mol. The first-order valence-electron chi connectivity index (χ1n) is 4.58. The fourth-order valence-corrected chi connectivity index (χ4v) is 1.11. The Morgan fingerprint density at radius 1 is 1.53 bits per heavy atom. The third-order valence-corrected chi connectivity index (χ3v) is 1.84. The van der Waals surface area contributed by atoms with Crippen molar-refractivity contribution in [1.82, 2.24) is 5.32 Å². The molecule has 0 radical (unpaired) electrons. The molecule has 0 heterocycles. The summed E-state index contributed by atoms with van der Waals surface area (Å²) in [6, 6.07) is 6.38. The van der Waals surface area contributed by atoms with E-state index < -0.39 is 6.10 Å². The highest BCUT2D eigenvalue weighted by Gasteiger charge is 2.15. The SMILES string of the molecule is CC(O)CNC(=O)c1ccccc1[NH+]=O. The summed E-state index contributed by atoms with van der Waals surface area (Å²) >= 11 is 0. The van der Waals surface area contributed by atoms with Gasteiger partial charge >= 0.3 is 0 Å². The fraction of sp³-hybridized carbons (Fsp3) is 0.300. The highest BCUT2D eigenvalue weighted by atomic mass is 16.3. The minimum absolute atomic E-state index is 0.159. The molecule has 0 aliphatic heterocycles. The molecule has 0 fully saturated rings. The Balaban J connectivity index is 2.77. The van der Waals surface area contributed by atoms with Crippen LogP contribution in [0.2, 0.25) is 0 Å². The number of hydrogen-bond donors (Lipinski definition) is 3.